The predicted molar refractivity (Wildman–Crippen MR) is 42.1 cm³/mol. The highest BCUT2D eigenvalue weighted by molar-refractivity contribution is 5.88. The molecule has 0 aromatic carbocycles. The van der Waals surface area contributed by atoms with Crippen molar-refractivity contribution in [2.45, 2.75) is 6.92 Å². The minimum atomic E-state index is -0.580. The van der Waals surface area contributed by atoms with E-state index in [0.717, 1.165) is 0 Å². The Kier molecular flexibility index (Phi) is 5.34. The fourth-order valence-corrected chi connectivity index (χ4v) is 0.422. The molecule has 0 fully saturated rings. The summed E-state index contributed by atoms with van der Waals surface area (Å²) in [6.07, 6.45) is 2.87. The lowest BCUT2D eigenvalue weighted by atomic mass is 10.3. The lowest BCUT2D eigenvalue weighted by Crippen LogP contribution is -2.07. The van der Waals surface area contributed by atoms with E-state index in [-0.39, 0.29) is 12.2 Å². The average Bonchev–Trinajstić information content (AvgIpc) is 2.10. The summed E-state index contributed by atoms with van der Waals surface area (Å²) >= 11 is 0. The van der Waals surface area contributed by atoms with Crippen LogP contribution in [-0.2, 0) is 19.1 Å². The topological polar surface area (TPSA) is 52.6 Å². The number of carbonyl (C=O) groups is 2. The summed E-state index contributed by atoms with van der Waals surface area (Å²) in [6, 6.07) is 0. The van der Waals surface area contributed by atoms with Gasteiger partial charge < -0.3 is 9.47 Å². The van der Waals surface area contributed by atoms with Crippen LogP contribution in [0.4, 0.5) is 0 Å². The fraction of sp³-hybridized carbons (Fsp3) is 0.250. The molecule has 0 bridgehead atoms. The van der Waals surface area contributed by atoms with Crippen LogP contribution >= 0.6 is 0 Å². The van der Waals surface area contributed by atoms with E-state index in [1.54, 1.807) is 0 Å². The molecule has 4 heteroatoms. The fourth-order valence-electron chi connectivity index (χ4n) is 0.422. The molecule has 12 heavy (non-hydrogen) atoms. The molecule has 4 nitrogen and oxygen atoms in total. The zero-order valence-electron chi connectivity index (χ0n) is 6.78. The molecule has 0 radical (unpaired) electrons. The molecule has 0 aromatic rings. The van der Waals surface area contributed by atoms with Crippen LogP contribution in [0.15, 0.2) is 24.7 Å². The highest BCUT2D eigenvalue weighted by atomic mass is 16.5. The van der Waals surface area contributed by atoms with Crippen LogP contribution in [0.2, 0.25) is 0 Å². The van der Waals surface area contributed by atoms with Crippen LogP contribution in [0.5, 0.6) is 0 Å². The number of esters is 1. The second-order valence-electron chi connectivity index (χ2n) is 1.87. The Morgan fingerprint density at radius 3 is 2.75 bits per heavy atom. The van der Waals surface area contributed by atoms with E-state index in [4.69, 9.17) is 0 Å². The van der Waals surface area contributed by atoms with E-state index in [9.17, 15) is 9.59 Å². The molecule has 0 saturated carbocycles. The minimum Gasteiger partial charge on any atom is -0.473 e. The maximum absolute atomic E-state index is 10.8. The van der Waals surface area contributed by atoms with Crippen LogP contribution in [0.1, 0.15) is 6.92 Å². The summed E-state index contributed by atoms with van der Waals surface area (Å²) in [5.41, 5.74) is 0.275. The Morgan fingerprint density at radius 1 is 1.58 bits per heavy atom. The Bertz CT molecular complexity index is 205. The van der Waals surface area contributed by atoms with Gasteiger partial charge >= 0.3 is 5.97 Å². The molecule has 0 aliphatic heterocycles. The van der Waals surface area contributed by atoms with Crippen molar-refractivity contribution in [3.63, 3.8) is 0 Å². The van der Waals surface area contributed by atoms with Gasteiger partial charge in [0.2, 0.25) is 0 Å². The molecule has 0 aliphatic carbocycles. The van der Waals surface area contributed by atoms with Gasteiger partial charge in [0, 0.05) is 0 Å². The molecular formula is C8H10O4. The predicted octanol–water partition coefficient (Wildman–Crippen LogP) is 0.792. The summed E-state index contributed by atoms with van der Waals surface area (Å²) in [4.78, 5) is 20.6. The van der Waals surface area contributed by atoms with Crippen molar-refractivity contribution in [2.24, 2.45) is 0 Å². The zero-order chi connectivity index (χ0) is 9.40. The highest BCUT2D eigenvalue weighted by Gasteiger charge is 2.04. The molecule has 0 atom stereocenters. The molecule has 0 rings (SSSR count). The maximum Gasteiger partial charge on any atom is 0.337 e. The molecule has 0 amide bonds. The molecule has 0 aromatic heterocycles. The van der Waals surface area contributed by atoms with Crippen molar-refractivity contribution in [2.75, 3.05) is 6.61 Å². The highest BCUT2D eigenvalue weighted by Crippen LogP contribution is 1.96. The third-order valence-corrected chi connectivity index (χ3v) is 0.945. The van der Waals surface area contributed by atoms with Crippen LogP contribution in [0.3, 0.4) is 0 Å². The first-order valence-electron chi connectivity index (χ1n) is 3.26. The van der Waals surface area contributed by atoms with Crippen LogP contribution in [0.25, 0.3) is 0 Å². The summed E-state index contributed by atoms with van der Waals surface area (Å²) in [6.45, 7) is 4.55. The third kappa shape index (κ3) is 4.27. The van der Waals surface area contributed by atoms with Crippen molar-refractivity contribution in [3.8, 4) is 0 Å². The van der Waals surface area contributed by atoms with Gasteiger partial charge in [-0.1, -0.05) is 6.58 Å². The first-order valence-corrected chi connectivity index (χ1v) is 3.26. The molecule has 66 valence electrons. The van der Waals surface area contributed by atoms with Crippen molar-refractivity contribution >= 4 is 12.3 Å². The maximum atomic E-state index is 10.8. The molecule has 0 saturated heterocycles. The van der Waals surface area contributed by atoms with E-state index in [0.29, 0.717) is 6.29 Å². The molecule has 0 unspecified atom stereocenters. The molecule has 0 aliphatic rings. The van der Waals surface area contributed by atoms with Gasteiger partial charge in [-0.3, -0.25) is 4.79 Å². The third-order valence-electron chi connectivity index (χ3n) is 0.945. The Balaban J connectivity index is 3.90. The number of hydrogen-bond acceptors (Lipinski definition) is 4. The van der Waals surface area contributed by atoms with Crippen LogP contribution in [-0.4, -0.2) is 18.9 Å². The monoisotopic (exact) mass is 170 g/mol. The first-order chi connectivity index (χ1) is 5.72. The van der Waals surface area contributed by atoms with E-state index in [1.165, 1.54) is 19.4 Å². The largest absolute Gasteiger partial charge is 0.473 e. The van der Waals surface area contributed by atoms with Crippen molar-refractivity contribution in [1.29, 1.82) is 0 Å². The van der Waals surface area contributed by atoms with Crippen LogP contribution < -0.4 is 0 Å². The molecule has 0 spiro atoms. The molecule has 0 heterocycles. The van der Waals surface area contributed by atoms with Crippen molar-refractivity contribution in [3.05, 3.63) is 24.7 Å². The van der Waals surface area contributed by atoms with Gasteiger partial charge in [-0.2, -0.15) is 0 Å². The van der Waals surface area contributed by atoms with Gasteiger partial charge in [-0.25, -0.2) is 4.79 Å². The van der Waals surface area contributed by atoms with E-state index in [1.807, 2.05) is 0 Å². The summed E-state index contributed by atoms with van der Waals surface area (Å²) in [5.74, 6) is -0.580. The van der Waals surface area contributed by atoms with Gasteiger partial charge in [0.05, 0.1) is 11.8 Å². The van der Waals surface area contributed by atoms with Crippen molar-refractivity contribution in [1.82, 2.24) is 0 Å². The average molecular weight is 170 g/mol. The lowest BCUT2D eigenvalue weighted by molar-refractivity contribution is -0.141. The second-order valence-corrected chi connectivity index (χ2v) is 1.87. The Morgan fingerprint density at radius 2 is 2.25 bits per heavy atom. The number of ether oxygens (including phenoxy) is 2. The smallest absolute Gasteiger partial charge is 0.337 e. The van der Waals surface area contributed by atoms with E-state index >= 15 is 0 Å². The van der Waals surface area contributed by atoms with Crippen molar-refractivity contribution < 1.29 is 19.1 Å². The summed E-state index contributed by atoms with van der Waals surface area (Å²) in [7, 11) is 0. The zero-order valence-corrected chi connectivity index (χ0v) is 6.78. The van der Waals surface area contributed by atoms with Crippen LogP contribution in [0, 0.1) is 0 Å². The SMILES string of the molecule is C=COC=C(C)C(=O)OCC=O. The Hall–Kier alpha value is -1.58. The summed E-state index contributed by atoms with van der Waals surface area (Å²) in [5, 5.41) is 0. The summed E-state index contributed by atoms with van der Waals surface area (Å²) < 4.78 is 9.07. The van der Waals surface area contributed by atoms with Gasteiger partial charge in [-0.05, 0) is 6.92 Å². The van der Waals surface area contributed by atoms with Gasteiger partial charge in [0.25, 0.3) is 0 Å². The number of hydrogen-bond donors (Lipinski definition) is 0. The van der Waals surface area contributed by atoms with E-state index in [2.05, 4.69) is 16.1 Å². The van der Waals surface area contributed by atoms with Gasteiger partial charge in [0.1, 0.15) is 12.9 Å². The molecular weight excluding hydrogens is 160 g/mol. The normalized spacial score (nSPS) is 10.2. The first kappa shape index (κ1) is 10.4. The number of rotatable bonds is 5. The number of aldehydes is 1. The second kappa shape index (κ2) is 6.15. The molecule has 0 N–H and O–H groups in total. The standard InChI is InChI=1S/C8H10O4/c1-3-11-6-7(2)8(10)12-5-4-9/h3-4,6H,1,5H2,2H3. The lowest BCUT2D eigenvalue weighted by Gasteiger charge is -1.99. The Labute approximate surface area is 70.5 Å². The minimum absolute atomic E-state index is 0.238. The van der Waals surface area contributed by atoms with E-state index < -0.39 is 5.97 Å². The van der Waals surface area contributed by atoms with Gasteiger partial charge in [0.15, 0.2) is 6.29 Å². The number of carbonyl (C=O) groups excluding carboxylic acids is 2. The quantitative estimate of drug-likeness (QED) is 0.265. The van der Waals surface area contributed by atoms with Gasteiger partial charge in [-0.15, -0.1) is 0 Å².